The molecule has 1 aliphatic rings. The number of carbonyl (C=O) groups is 1. The Balaban J connectivity index is 2.46. The van der Waals surface area contributed by atoms with Crippen LogP contribution >= 0.6 is 11.8 Å². The predicted octanol–water partition coefficient (Wildman–Crippen LogP) is 1.72. The minimum atomic E-state index is 0.0176. The highest BCUT2D eigenvalue weighted by atomic mass is 32.2. The van der Waals surface area contributed by atoms with E-state index in [1.807, 2.05) is 23.7 Å². The first-order valence-corrected chi connectivity index (χ1v) is 7.08. The van der Waals surface area contributed by atoms with Crippen molar-refractivity contribution in [3.63, 3.8) is 0 Å². The van der Waals surface area contributed by atoms with Crippen molar-refractivity contribution in [2.24, 2.45) is 11.1 Å². The van der Waals surface area contributed by atoms with Crippen LogP contribution in [0.3, 0.4) is 0 Å². The van der Waals surface area contributed by atoms with E-state index in [9.17, 15) is 4.79 Å². The molecule has 94 valence electrons. The first-order valence-electron chi connectivity index (χ1n) is 6.03. The summed E-state index contributed by atoms with van der Waals surface area (Å²) in [6.07, 6.45) is 3.49. The summed E-state index contributed by atoms with van der Waals surface area (Å²) in [5, 5.41) is 0.187. The molecule has 1 unspecified atom stereocenters. The number of hydrogen-bond donors (Lipinski definition) is 1. The summed E-state index contributed by atoms with van der Waals surface area (Å²) in [5.41, 5.74) is 5.71. The summed E-state index contributed by atoms with van der Waals surface area (Å²) in [6, 6.07) is 0. The van der Waals surface area contributed by atoms with Crippen molar-refractivity contribution in [3.8, 4) is 0 Å². The van der Waals surface area contributed by atoms with Gasteiger partial charge in [-0.05, 0) is 30.6 Å². The minimum Gasteiger partial charge on any atom is -0.344 e. The van der Waals surface area contributed by atoms with E-state index in [4.69, 9.17) is 5.73 Å². The summed E-state index contributed by atoms with van der Waals surface area (Å²) in [5.74, 6) is 1.41. The van der Waals surface area contributed by atoms with Crippen LogP contribution in [0, 0.1) is 5.41 Å². The lowest BCUT2D eigenvalue weighted by Gasteiger charge is -2.32. The summed E-state index contributed by atoms with van der Waals surface area (Å²) >= 11 is 1.81. The van der Waals surface area contributed by atoms with Gasteiger partial charge in [-0.25, -0.2) is 0 Å². The van der Waals surface area contributed by atoms with Crippen LogP contribution in [0.4, 0.5) is 0 Å². The molecule has 1 atom stereocenters. The third-order valence-corrected chi connectivity index (χ3v) is 4.41. The van der Waals surface area contributed by atoms with Crippen molar-refractivity contribution in [2.75, 3.05) is 25.9 Å². The molecule has 0 bridgehead atoms. The molecule has 3 nitrogen and oxygen atoms in total. The highest BCUT2D eigenvalue weighted by Gasteiger charge is 2.27. The van der Waals surface area contributed by atoms with Gasteiger partial charge in [0, 0.05) is 13.6 Å². The third-order valence-electron chi connectivity index (χ3n) is 3.05. The highest BCUT2D eigenvalue weighted by molar-refractivity contribution is 8.00. The smallest absolute Gasteiger partial charge is 0.235 e. The van der Waals surface area contributed by atoms with Crippen LogP contribution in [0.15, 0.2) is 0 Å². The molecule has 1 amide bonds. The Hall–Kier alpha value is -0.220. The summed E-state index contributed by atoms with van der Waals surface area (Å²) in [7, 11) is 1.90. The molecule has 2 N–H and O–H groups in total. The van der Waals surface area contributed by atoms with Gasteiger partial charge in [0.05, 0.1) is 5.25 Å². The van der Waals surface area contributed by atoms with Crippen LogP contribution in [-0.2, 0) is 4.79 Å². The summed E-state index contributed by atoms with van der Waals surface area (Å²) < 4.78 is 0. The van der Waals surface area contributed by atoms with Crippen molar-refractivity contribution in [1.82, 2.24) is 4.90 Å². The first kappa shape index (κ1) is 13.8. The molecule has 16 heavy (non-hydrogen) atoms. The lowest BCUT2D eigenvalue weighted by Crippen LogP contribution is -2.43. The van der Waals surface area contributed by atoms with Crippen LogP contribution in [0.25, 0.3) is 0 Å². The van der Waals surface area contributed by atoms with Gasteiger partial charge >= 0.3 is 0 Å². The standard InChI is InChI=1S/C12H24N2OS/c1-12(2,8-13)9-14(3)11(15)10-6-4-5-7-16-10/h10H,4-9,13H2,1-3H3. The number of nitrogens with zero attached hydrogens (tertiary/aromatic N) is 1. The molecule has 1 saturated heterocycles. The number of nitrogens with two attached hydrogens (primary N) is 1. The van der Waals surface area contributed by atoms with Crippen molar-refractivity contribution in [1.29, 1.82) is 0 Å². The fraction of sp³-hybridized carbons (Fsp3) is 0.917. The Morgan fingerprint density at radius 1 is 1.50 bits per heavy atom. The fourth-order valence-electron chi connectivity index (χ4n) is 1.97. The molecule has 0 radical (unpaired) electrons. The van der Waals surface area contributed by atoms with Gasteiger partial charge in [0.25, 0.3) is 0 Å². The second-order valence-corrected chi connectivity index (χ2v) is 6.73. The molecule has 0 saturated carbocycles. The van der Waals surface area contributed by atoms with Gasteiger partial charge in [-0.2, -0.15) is 0 Å². The number of rotatable bonds is 4. The fourth-order valence-corrected chi connectivity index (χ4v) is 3.28. The van der Waals surface area contributed by atoms with Crippen LogP contribution in [0.5, 0.6) is 0 Å². The molecule has 0 aliphatic carbocycles. The normalized spacial score (nSPS) is 21.9. The molecular weight excluding hydrogens is 220 g/mol. The molecule has 1 heterocycles. The minimum absolute atomic E-state index is 0.0176. The van der Waals surface area contributed by atoms with E-state index >= 15 is 0 Å². The Kier molecular flexibility index (Phi) is 5.12. The van der Waals surface area contributed by atoms with Crippen LogP contribution in [0.1, 0.15) is 33.1 Å². The van der Waals surface area contributed by atoms with E-state index in [2.05, 4.69) is 13.8 Å². The van der Waals surface area contributed by atoms with E-state index in [-0.39, 0.29) is 16.6 Å². The number of hydrogen-bond acceptors (Lipinski definition) is 3. The largest absolute Gasteiger partial charge is 0.344 e. The average Bonchev–Trinajstić information content (AvgIpc) is 2.28. The van der Waals surface area contributed by atoms with Gasteiger partial charge < -0.3 is 10.6 Å². The lowest BCUT2D eigenvalue weighted by molar-refractivity contribution is -0.130. The zero-order valence-corrected chi connectivity index (χ0v) is 11.5. The van der Waals surface area contributed by atoms with E-state index in [1.165, 1.54) is 12.8 Å². The predicted molar refractivity (Wildman–Crippen MR) is 70.6 cm³/mol. The number of carbonyl (C=O) groups excluding carboxylic acids is 1. The van der Waals surface area contributed by atoms with E-state index in [0.29, 0.717) is 6.54 Å². The molecule has 1 aliphatic heterocycles. The van der Waals surface area contributed by atoms with E-state index in [1.54, 1.807) is 0 Å². The molecule has 0 aromatic heterocycles. The van der Waals surface area contributed by atoms with Crippen molar-refractivity contribution in [3.05, 3.63) is 0 Å². The van der Waals surface area contributed by atoms with Crippen LogP contribution in [-0.4, -0.2) is 41.9 Å². The van der Waals surface area contributed by atoms with Gasteiger partial charge in [0.15, 0.2) is 0 Å². The zero-order valence-electron chi connectivity index (χ0n) is 10.7. The second-order valence-electron chi connectivity index (χ2n) is 5.42. The maximum absolute atomic E-state index is 12.2. The topological polar surface area (TPSA) is 46.3 Å². The molecule has 1 fully saturated rings. The van der Waals surface area contributed by atoms with Gasteiger partial charge in [-0.3, -0.25) is 4.79 Å². The Morgan fingerprint density at radius 3 is 2.69 bits per heavy atom. The highest BCUT2D eigenvalue weighted by Crippen LogP contribution is 2.27. The van der Waals surface area contributed by atoms with Gasteiger partial charge in [-0.1, -0.05) is 20.3 Å². The van der Waals surface area contributed by atoms with Crippen LogP contribution < -0.4 is 5.73 Å². The number of thioether (sulfide) groups is 1. The van der Waals surface area contributed by atoms with Crippen molar-refractivity contribution >= 4 is 17.7 Å². The monoisotopic (exact) mass is 244 g/mol. The Labute approximate surface area is 103 Å². The quantitative estimate of drug-likeness (QED) is 0.819. The lowest BCUT2D eigenvalue weighted by atomic mass is 9.93. The maximum Gasteiger partial charge on any atom is 0.235 e. The molecule has 1 rings (SSSR count). The maximum atomic E-state index is 12.2. The average molecular weight is 244 g/mol. The third kappa shape index (κ3) is 3.98. The van der Waals surface area contributed by atoms with Gasteiger partial charge in [0.2, 0.25) is 5.91 Å². The molecule has 0 aromatic rings. The molecule has 0 spiro atoms. The zero-order chi connectivity index (χ0) is 12.2. The van der Waals surface area contributed by atoms with Gasteiger partial charge in [0.1, 0.15) is 0 Å². The Bertz CT molecular complexity index is 237. The molecule has 0 aromatic carbocycles. The summed E-state index contributed by atoms with van der Waals surface area (Å²) in [6.45, 7) is 5.57. The Morgan fingerprint density at radius 2 is 2.19 bits per heavy atom. The second kappa shape index (κ2) is 5.92. The van der Waals surface area contributed by atoms with Crippen LogP contribution in [0.2, 0.25) is 0 Å². The van der Waals surface area contributed by atoms with E-state index < -0.39 is 0 Å². The SMILES string of the molecule is CN(CC(C)(C)CN)C(=O)C1CCCCS1. The van der Waals surface area contributed by atoms with Crippen molar-refractivity contribution < 1.29 is 4.79 Å². The van der Waals surface area contributed by atoms with Crippen molar-refractivity contribution in [2.45, 2.75) is 38.4 Å². The first-order chi connectivity index (χ1) is 7.46. The summed E-state index contributed by atoms with van der Waals surface area (Å²) in [4.78, 5) is 14.0. The number of amides is 1. The molecule has 4 heteroatoms. The molecular formula is C12H24N2OS. The van der Waals surface area contributed by atoms with E-state index in [0.717, 1.165) is 18.7 Å². The van der Waals surface area contributed by atoms with Gasteiger partial charge in [-0.15, -0.1) is 11.8 Å².